The quantitative estimate of drug-likeness (QED) is 0.846. The second-order valence-electron chi connectivity index (χ2n) is 5.87. The molecule has 1 aromatic rings. The van der Waals surface area contributed by atoms with Crippen LogP contribution in [0, 0.1) is 23.1 Å². The molecule has 1 aromatic carbocycles. The van der Waals surface area contributed by atoms with E-state index in [9.17, 15) is 14.4 Å². The summed E-state index contributed by atoms with van der Waals surface area (Å²) < 4.78 is 13.8. The van der Waals surface area contributed by atoms with Crippen LogP contribution in [0.4, 0.5) is 4.39 Å². The average Bonchev–Trinajstić information content (AvgIpc) is 3.30. The Hall–Kier alpha value is -1.64. The van der Waals surface area contributed by atoms with Crippen molar-refractivity contribution in [1.82, 2.24) is 10.6 Å². The first-order valence-corrected chi connectivity index (χ1v) is 7.64. The fourth-order valence-electron chi connectivity index (χ4n) is 2.49. The first-order chi connectivity index (χ1) is 10.4. The summed E-state index contributed by atoms with van der Waals surface area (Å²) in [5.41, 5.74) is -0.486. The van der Waals surface area contributed by atoms with E-state index in [1.54, 1.807) is 19.9 Å². The van der Waals surface area contributed by atoms with Gasteiger partial charge in [0.05, 0.1) is 12.6 Å². The van der Waals surface area contributed by atoms with Gasteiger partial charge in [-0.3, -0.25) is 4.79 Å². The van der Waals surface area contributed by atoms with Gasteiger partial charge in [0.1, 0.15) is 11.4 Å². The molecule has 22 heavy (non-hydrogen) atoms. The highest BCUT2D eigenvalue weighted by atomic mass is 35.5. The summed E-state index contributed by atoms with van der Waals surface area (Å²) in [7, 11) is 0. The summed E-state index contributed by atoms with van der Waals surface area (Å²) in [6, 6.07) is 6.24. The van der Waals surface area contributed by atoms with Crippen molar-refractivity contribution in [3.8, 4) is 6.07 Å². The number of nitriles is 1. The number of amides is 1. The van der Waals surface area contributed by atoms with Gasteiger partial charge in [-0.05, 0) is 44.7 Å². The number of halogens is 2. The Morgan fingerprint density at radius 2 is 2.27 bits per heavy atom. The molecule has 6 heteroatoms. The first kappa shape index (κ1) is 16.7. The van der Waals surface area contributed by atoms with Gasteiger partial charge in [0, 0.05) is 16.6 Å². The number of hydrogen-bond acceptors (Lipinski definition) is 3. The Balaban J connectivity index is 1.92. The lowest BCUT2D eigenvalue weighted by molar-refractivity contribution is -0.121. The van der Waals surface area contributed by atoms with Crippen molar-refractivity contribution in [3.05, 3.63) is 34.6 Å². The zero-order chi connectivity index (χ0) is 16.3. The molecule has 2 atom stereocenters. The zero-order valence-electron chi connectivity index (χ0n) is 12.6. The summed E-state index contributed by atoms with van der Waals surface area (Å²) >= 11 is 5.99. The van der Waals surface area contributed by atoms with E-state index in [1.165, 1.54) is 12.1 Å². The molecule has 0 aromatic heterocycles. The Bertz CT molecular complexity index is 592. The van der Waals surface area contributed by atoms with Crippen LogP contribution in [0.5, 0.6) is 0 Å². The van der Waals surface area contributed by atoms with E-state index < -0.39 is 17.4 Å². The monoisotopic (exact) mass is 323 g/mol. The van der Waals surface area contributed by atoms with Gasteiger partial charge in [0.2, 0.25) is 5.91 Å². The standard InChI is InChI=1S/C16H19ClFN3O/c1-10(15-12(17)4-3-5-13(15)18)20-8-14(22)21-16(2,9-19)11-6-7-11/h3-5,10-11,20H,6-8H2,1-2H3,(H,21,22)/t10-,16+/m0/s1. The largest absolute Gasteiger partial charge is 0.337 e. The Morgan fingerprint density at radius 1 is 1.59 bits per heavy atom. The molecule has 2 rings (SSSR count). The van der Waals surface area contributed by atoms with Gasteiger partial charge in [-0.25, -0.2) is 4.39 Å². The van der Waals surface area contributed by atoms with Gasteiger partial charge < -0.3 is 10.6 Å². The van der Waals surface area contributed by atoms with Gasteiger partial charge in [0.25, 0.3) is 0 Å². The van der Waals surface area contributed by atoms with Crippen LogP contribution in [0.15, 0.2) is 18.2 Å². The van der Waals surface area contributed by atoms with Crippen molar-refractivity contribution in [1.29, 1.82) is 5.26 Å². The van der Waals surface area contributed by atoms with Crippen LogP contribution >= 0.6 is 11.6 Å². The number of hydrogen-bond donors (Lipinski definition) is 2. The molecule has 0 unspecified atom stereocenters. The second kappa shape index (κ2) is 6.64. The Labute approximate surface area is 134 Å². The predicted octanol–water partition coefficient (Wildman–Crippen LogP) is 2.94. The third-order valence-corrected chi connectivity index (χ3v) is 4.36. The molecule has 0 bridgehead atoms. The van der Waals surface area contributed by atoms with Gasteiger partial charge in [-0.15, -0.1) is 0 Å². The van der Waals surface area contributed by atoms with E-state index >= 15 is 0 Å². The van der Waals surface area contributed by atoms with Crippen LogP contribution in [0.1, 0.15) is 38.3 Å². The minimum Gasteiger partial charge on any atom is -0.337 e. The summed E-state index contributed by atoms with van der Waals surface area (Å²) in [6.45, 7) is 3.47. The fourth-order valence-corrected chi connectivity index (χ4v) is 2.81. The molecule has 1 aliphatic carbocycles. The van der Waals surface area contributed by atoms with Gasteiger partial charge in [-0.1, -0.05) is 17.7 Å². The highest BCUT2D eigenvalue weighted by Gasteiger charge is 2.42. The van der Waals surface area contributed by atoms with E-state index in [0.717, 1.165) is 12.8 Å². The maximum Gasteiger partial charge on any atom is 0.235 e. The van der Waals surface area contributed by atoms with Gasteiger partial charge in [-0.2, -0.15) is 5.26 Å². The number of benzene rings is 1. The lowest BCUT2D eigenvalue weighted by Gasteiger charge is -2.24. The average molecular weight is 324 g/mol. The van der Waals surface area contributed by atoms with E-state index in [2.05, 4.69) is 16.7 Å². The maximum atomic E-state index is 13.8. The Morgan fingerprint density at radius 3 is 2.82 bits per heavy atom. The van der Waals surface area contributed by atoms with Crippen molar-refractivity contribution in [3.63, 3.8) is 0 Å². The van der Waals surface area contributed by atoms with Crippen molar-refractivity contribution >= 4 is 17.5 Å². The lowest BCUT2D eigenvalue weighted by atomic mass is 9.98. The summed E-state index contributed by atoms with van der Waals surface area (Å²) in [6.07, 6.45) is 1.91. The first-order valence-electron chi connectivity index (χ1n) is 7.27. The summed E-state index contributed by atoms with van der Waals surface area (Å²) in [5, 5.41) is 15.2. The summed E-state index contributed by atoms with van der Waals surface area (Å²) in [4.78, 5) is 12.0. The molecule has 1 fully saturated rings. The van der Waals surface area contributed by atoms with Crippen LogP contribution in [0.25, 0.3) is 0 Å². The molecule has 1 saturated carbocycles. The number of nitrogens with zero attached hydrogens (tertiary/aromatic N) is 1. The lowest BCUT2D eigenvalue weighted by Crippen LogP contribution is -2.49. The smallest absolute Gasteiger partial charge is 0.235 e. The second-order valence-corrected chi connectivity index (χ2v) is 6.28. The number of carbonyl (C=O) groups excluding carboxylic acids is 1. The minimum absolute atomic E-state index is 0.00415. The van der Waals surface area contributed by atoms with Crippen molar-refractivity contribution in [2.75, 3.05) is 6.54 Å². The van der Waals surface area contributed by atoms with Crippen LogP contribution in [-0.2, 0) is 4.79 Å². The number of nitrogens with one attached hydrogen (secondary N) is 2. The van der Waals surface area contributed by atoms with Crippen LogP contribution in [0.2, 0.25) is 5.02 Å². The topological polar surface area (TPSA) is 64.9 Å². The van der Waals surface area contributed by atoms with Crippen molar-refractivity contribution in [2.45, 2.75) is 38.3 Å². The number of rotatable bonds is 6. The fraction of sp³-hybridized carbons (Fsp3) is 0.500. The zero-order valence-corrected chi connectivity index (χ0v) is 13.4. The molecule has 0 radical (unpaired) electrons. The van der Waals surface area contributed by atoms with E-state index in [0.29, 0.717) is 10.6 Å². The highest BCUT2D eigenvalue weighted by Crippen LogP contribution is 2.39. The Kier molecular flexibility index (Phi) is 5.05. The number of carbonyl (C=O) groups is 1. The molecule has 0 heterocycles. The van der Waals surface area contributed by atoms with E-state index in [4.69, 9.17) is 11.6 Å². The molecule has 1 aliphatic rings. The van der Waals surface area contributed by atoms with E-state index in [-0.39, 0.29) is 18.4 Å². The van der Waals surface area contributed by atoms with Crippen molar-refractivity contribution in [2.24, 2.45) is 5.92 Å². The molecule has 4 nitrogen and oxygen atoms in total. The molecular weight excluding hydrogens is 305 g/mol. The SMILES string of the molecule is C[C@H](NCC(=O)N[C@](C)(C#N)C1CC1)c1c(F)cccc1Cl. The molecule has 0 aliphatic heterocycles. The van der Waals surface area contributed by atoms with E-state index in [1.807, 2.05) is 0 Å². The minimum atomic E-state index is -0.822. The van der Waals surface area contributed by atoms with Crippen molar-refractivity contribution < 1.29 is 9.18 Å². The van der Waals surface area contributed by atoms with Crippen LogP contribution < -0.4 is 10.6 Å². The third-order valence-electron chi connectivity index (χ3n) is 4.03. The highest BCUT2D eigenvalue weighted by molar-refractivity contribution is 6.31. The van der Waals surface area contributed by atoms with Gasteiger partial charge in [0.15, 0.2) is 0 Å². The maximum absolute atomic E-state index is 13.8. The molecular formula is C16H19ClFN3O. The summed E-state index contributed by atoms with van der Waals surface area (Å²) in [5.74, 6) is -0.470. The third kappa shape index (κ3) is 3.76. The normalized spacial score (nSPS) is 18.1. The van der Waals surface area contributed by atoms with Gasteiger partial charge >= 0.3 is 0 Å². The van der Waals surface area contributed by atoms with Crippen LogP contribution in [0.3, 0.4) is 0 Å². The molecule has 118 valence electrons. The molecule has 0 spiro atoms. The van der Waals surface area contributed by atoms with Crippen LogP contribution in [-0.4, -0.2) is 18.0 Å². The predicted molar refractivity (Wildman–Crippen MR) is 82.7 cm³/mol. The molecule has 1 amide bonds. The molecule has 0 saturated heterocycles. The molecule has 2 N–H and O–H groups in total.